The molecule has 0 radical (unpaired) electrons. The normalized spacial score (nSPS) is 13.7. The molecule has 0 saturated heterocycles. The van der Waals surface area contributed by atoms with E-state index in [4.69, 9.17) is 0 Å². The Balaban J connectivity index is 1.66. The van der Waals surface area contributed by atoms with Gasteiger partial charge in [-0.05, 0) is 37.8 Å². The van der Waals surface area contributed by atoms with Crippen LogP contribution >= 0.6 is 0 Å². The number of benzene rings is 1. The van der Waals surface area contributed by atoms with Gasteiger partial charge in [-0.2, -0.15) is 0 Å². The van der Waals surface area contributed by atoms with Crippen LogP contribution in [0.1, 0.15) is 34.6 Å². The van der Waals surface area contributed by atoms with Gasteiger partial charge in [-0.25, -0.2) is 4.98 Å². The van der Waals surface area contributed by atoms with Gasteiger partial charge in [0.05, 0.1) is 0 Å². The second-order valence-electron chi connectivity index (χ2n) is 6.05. The summed E-state index contributed by atoms with van der Waals surface area (Å²) in [6.07, 6.45) is 1.68. The Morgan fingerprint density at radius 2 is 2.00 bits per heavy atom. The van der Waals surface area contributed by atoms with Gasteiger partial charge in [0.2, 0.25) is 5.91 Å². The monoisotopic (exact) mass is 311 g/mol. The molecule has 5 nitrogen and oxygen atoms in total. The van der Waals surface area contributed by atoms with Crippen LogP contribution in [0.4, 0.5) is 0 Å². The molecule has 5 heteroatoms. The minimum Gasteiger partial charge on any atom is -0.338 e. The topological polar surface area (TPSA) is 66.1 Å². The number of aromatic nitrogens is 2. The molecule has 1 aliphatic heterocycles. The van der Waals surface area contributed by atoms with Crippen molar-refractivity contribution in [3.05, 3.63) is 62.8 Å². The molecule has 1 aromatic heterocycles. The van der Waals surface area contributed by atoms with Crippen molar-refractivity contribution >= 4 is 5.91 Å². The fraction of sp³-hybridized carbons (Fsp3) is 0.389. The third kappa shape index (κ3) is 3.33. The molecular formula is C18H21N3O2. The maximum atomic E-state index is 12.5. The molecular weight excluding hydrogens is 290 g/mol. The summed E-state index contributed by atoms with van der Waals surface area (Å²) in [4.78, 5) is 33.3. The average Bonchev–Trinajstić information content (AvgIpc) is 2.53. The zero-order chi connectivity index (χ0) is 16.4. The summed E-state index contributed by atoms with van der Waals surface area (Å²) >= 11 is 0. The maximum absolute atomic E-state index is 12.5. The number of rotatable bonds is 3. The van der Waals surface area contributed by atoms with E-state index in [9.17, 15) is 9.59 Å². The highest BCUT2D eigenvalue weighted by Crippen LogP contribution is 2.19. The smallest absolute Gasteiger partial charge is 0.254 e. The van der Waals surface area contributed by atoms with E-state index in [1.54, 1.807) is 6.92 Å². The van der Waals surface area contributed by atoms with Crippen molar-refractivity contribution in [1.82, 2.24) is 14.9 Å². The van der Waals surface area contributed by atoms with Crippen LogP contribution in [-0.4, -0.2) is 27.3 Å². The van der Waals surface area contributed by atoms with Gasteiger partial charge in [-0.3, -0.25) is 9.59 Å². The van der Waals surface area contributed by atoms with Crippen LogP contribution in [0.5, 0.6) is 0 Å². The van der Waals surface area contributed by atoms with E-state index in [0.717, 1.165) is 13.0 Å². The lowest BCUT2D eigenvalue weighted by Gasteiger charge is -2.29. The van der Waals surface area contributed by atoms with Gasteiger partial charge in [-0.1, -0.05) is 24.3 Å². The average molecular weight is 311 g/mol. The lowest BCUT2D eigenvalue weighted by atomic mass is 9.99. The van der Waals surface area contributed by atoms with E-state index >= 15 is 0 Å². The Morgan fingerprint density at radius 1 is 1.26 bits per heavy atom. The molecule has 2 heterocycles. The Bertz CT molecular complexity index is 795. The van der Waals surface area contributed by atoms with Gasteiger partial charge in [0.25, 0.3) is 5.56 Å². The number of fused-ring (bicyclic) bond motifs is 1. The third-order valence-electron chi connectivity index (χ3n) is 4.41. The highest BCUT2D eigenvalue weighted by molar-refractivity contribution is 5.76. The number of H-pyrrole nitrogens is 1. The maximum Gasteiger partial charge on any atom is 0.254 e. The zero-order valence-electron chi connectivity index (χ0n) is 13.6. The lowest BCUT2D eigenvalue weighted by molar-refractivity contribution is -0.132. The number of nitrogens with zero attached hydrogens (tertiary/aromatic N) is 2. The van der Waals surface area contributed by atoms with Gasteiger partial charge in [-0.15, -0.1) is 0 Å². The minimum absolute atomic E-state index is 0.0962. The van der Waals surface area contributed by atoms with Gasteiger partial charge in [0.15, 0.2) is 0 Å². The van der Waals surface area contributed by atoms with Crippen LogP contribution in [0.3, 0.4) is 0 Å². The van der Waals surface area contributed by atoms with Crippen molar-refractivity contribution in [3.63, 3.8) is 0 Å². The van der Waals surface area contributed by atoms with E-state index in [2.05, 4.69) is 22.1 Å². The summed E-state index contributed by atoms with van der Waals surface area (Å²) in [5.41, 5.74) is 3.74. The van der Waals surface area contributed by atoms with Gasteiger partial charge >= 0.3 is 0 Å². The van der Waals surface area contributed by atoms with Gasteiger partial charge in [0.1, 0.15) is 5.82 Å². The summed E-state index contributed by atoms with van der Waals surface area (Å²) in [5.74, 6) is 0.703. The molecule has 120 valence electrons. The van der Waals surface area contributed by atoms with Crippen molar-refractivity contribution in [2.24, 2.45) is 0 Å². The van der Waals surface area contributed by atoms with E-state index in [-0.39, 0.29) is 11.5 Å². The Kier molecular flexibility index (Phi) is 4.28. The van der Waals surface area contributed by atoms with Crippen molar-refractivity contribution in [1.29, 1.82) is 0 Å². The SMILES string of the molecule is Cc1nc(C)c(CCC(=O)N2CCc3ccccc3C2)c(=O)[nH]1. The molecule has 0 atom stereocenters. The largest absolute Gasteiger partial charge is 0.338 e. The van der Waals surface area contributed by atoms with E-state index in [0.29, 0.717) is 36.5 Å². The first-order valence-electron chi connectivity index (χ1n) is 7.95. The van der Waals surface area contributed by atoms with E-state index < -0.39 is 0 Å². The van der Waals surface area contributed by atoms with Crippen LogP contribution < -0.4 is 5.56 Å². The van der Waals surface area contributed by atoms with Crippen LogP contribution in [0.25, 0.3) is 0 Å². The first kappa shape index (κ1) is 15.5. The molecule has 1 N–H and O–H groups in total. The summed E-state index contributed by atoms with van der Waals surface area (Å²) < 4.78 is 0. The second-order valence-corrected chi connectivity index (χ2v) is 6.05. The summed E-state index contributed by atoms with van der Waals surface area (Å²) in [6, 6.07) is 8.25. The standard InChI is InChI=1S/C18H21N3O2/c1-12-16(18(23)20-13(2)19-12)7-8-17(22)21-10-9-14-5-3-4-6-15(14)11-21/h3-6H,7-11H2,1-2H3,(H,19,20,23). The molecule has 2 aromatic rings. The van der Waals surface area contributed by atoms with Crippen molar-refractivity contribution in [2.45, 2.75) is 39.7 Å². The molecule has 0 aliphatic carbocycles. The predicted octanol–water partition coefficient (Wildman–Crippen LogP) is 1.90. The van der Waals surface area contributed by atoms with Crippen molar-refractivity contribution in [2.75, 3.05) is 6.54 Å². The summed E-state index contributed by atoms with van der Waals surface area (Å²) in [7, 11) is 0. The predicted molar refractivity (Wildman–Crippen MR) is 88.2 cm³/mol. The number of aromatic amines is 1. The first-order chi connectivity index (χ1) is 11.0. The van der Waals surface area contributed by atoms with Gasteiger partial charge < -0.3 is 9.88 Å². The molecule has 1 aliphatic rings. The molecule has 23 heavy (non-hydrogen) atoms. The summed E-state index contributed by atoms with van der Waals surface area (Å²) in [6.45, 7) is 4.99. The Morgan fingerprint density at radius 3 is 2.74 bits per heavy atom. The quantitative estimate of drug-likeness (QED) is 0.941. The first-order valence-corrected chi connectivity index (χ1v) is 7.95. The Hall–Kier alpha value is -2.43. The zero-order valence-corrected chi connectivity index (χ0v) is 13.6. The van der Waals surface area contributed by atoms with E-state index in [1.807, 2.05) is 24.0 Å². The highest BCUT2D eigenvalue weighted by atomic mass is 16.2. The second kappa shape index (κ2) is 6.36. The number of carbonyl (C=O) groups excluding carboxylic acids is 1. The van der Waals surface area contributed by atoms with Crippen LogP contribution in [0.15, 0.2) is 29.1 Å². The molecule has 0 fully saturated rings. The molecule has 0 saturated carbocycles. The van der Waals surface area contributed by atoms with Gasteiger partial charge in [0, 0.05) is 30.8 Å². The molecule has 0 unspecified atom stereocenters. The number of aryl methyl sites for hydroxylation is 2. The fourth-order valence-corrected chi connectivity index (χ4v) is 3.14. The Labute approximate surface area is 135 Å². The number of amides is 1. The van der Waals surface area contributed by atoms with Crippen molar-refractivity contribution < 1.29 is 4.79 Å². The van der Waals surface area contributed by atoms with E-state index in [1.165, 1.54) is 11.1 Å². The number of hydrogen-bond donors (Lipinski definition) is 1. The number of nitrogens with one attached hydrogen (secondary N) is 1. The number of hydrogen-bond acceptors (Lipinski definition) is 3. The molecule has 0 bridgehead atoms. The van der Waals surface area contributed by atoms with Crippen LogP contribution in [-0.2, 0) is 24.2 Å². The highest BCUT2D eigenvalue weighted by Gasteiger charge is 2.20. The molecule has 0 spiro atoms. The lowest BCUT2D eigenvalue weighted by Crippen LogP contribution is -2.36. The molecule has 3 rings (SSSR count). The molecule has 1 amide bonds. The minimum atomic E-state index is -0.133. The van der Waals surface area contributed by atoms with Crippen molar-refractivity contribution in [3.8, 4) is 0 Å². The third-order valence-corrected chi connectivity index (χ3v) is 4.41. The van der Waals surface area contributed by atoms with Crippen LogP contribution in [0.2, 0.25) is 0 Å². The molecule has 1 aromatic carbocycles. The number of carbonyl (C=O) groups is 1. The van der Waals surface area contributed by atoms with Crippen LogP contribution in [0, 0.1) is 13.8 Å². The fourth-order valence-electron chi connectivity index (χ4n) is 3.14. The summed E-state index contributed by atoms with van der Waals surface area (Å²) in [5, 5.41) is 0.